The van der Waals surface area contributed by atoms with Gasteiger partial charge in [0.15, 0.2) is 0 Å². The zero-order chi connectivity index (χ0) is 12.0. The van der Waals surface area contributed by atoms with Gasteiger partial charge in [-0.3, -0.25) is 0 Å². The lowest BCUT2D eigenvalue weighted by Crippen LogP contribution is -2.16. The third-order valence-electron chi connectivity index (χ3n) is 2.00. The van der Waals surface area contributed by atoms with Crippen molar-refractivity contribution in [1.82, 2.24) is 0 Å². The van der Waals surface area contributed by atoms with Crippen LogP contribution in [0.3, 0.4) is 0 Å². The maximum atomic E-state index is 8.36. The van der Waals surface area contributed by atoms with E-state index in [1.54, 1.807) is 25.3 Å². The van der Waals surface area contributed by atoms with Gasteiger partial charge in [0.1, 0.15) is 11.6 Å². The molecule has 0 amide bonds. The molecule has 88 valence electrons. The first-order chi connectivity index (χ1) is 7.67. The number of benzene rings is 1. The molecule has 0 saturated carbocycles. The molecule has 6 heteroatoms. The van der Waals surface area contributed by atoms with Crippen LogP contribution in [-0.2, 0) is 0 Å². The molecule has 0 unspecified atom stereocenters. The number of rotatable bonds is 5. The molecule has 0 saturated heterocycles. The van der Waals surface area contributed by atoms with E-state index in [2.05, 4.69) is 10.5 Å². The van der Waals surface area contributed by atoms with Gasteiger partial charge in [0.25, 0.3) is 0 Å². The lowest BCUT2D eigenvalue weighted by molar-refractivity contribution is 0.317. The van der Waals surface area contributed by atoms with Crippen LogP contribution in [0.4, 0.5) is 5.69 Å². The van der Waals surface area contributed by atoms with Gasteiger partial charge in [-0.15, -0.1) is 0 Å². The first-order valence-corrected chi connectivity index (χ1v) is 5.09. The Kier molecular flexibility index (Phi) is 4.72. The molecule has 1 aromatic rings. The molecule has 4 N–H and O–H groups in total. The highest BCUT2D eigenvalue weighted by Crippen LogP contribution is 2.26. The van der Waals surface area contributed by atoms with Gasteiger partial charge >= 0.3 is 0 Å². The molecule has 0 heterocycles. The second-order valence-corrected chi connectivity index (χ2v) is 3.52. The van der Waals surface area contributed by atoms with E-state index in [0.29, 0.717) is 18.0 Å². The van der Waals surface area contributed by atoms with Crippen molar-refractivity contribution in [3.8, 4) is 5.75 Å². The number of anilines is 1. The minimum absolute atomic E-state index is 0.173. The standard InChI is InChI=1S/C10H14ClN3O2/c1-16-7-2-3-8(11)9(6-7)13-5-4-10(12)14-15/h2-3,6,13,15H,4-5H2,1H3,(H2,12,14). The lowest BCUT2D eigenvalue weighted by atomic mass is 10.3. The third-order valence-corrected chi connectivity index (χ3v) is 2.33. The number of hydrogen-bond donors (Lipinski definition) is 3. The molecule has 0 fully saturated rings. The summed E-state index contributed by atoms with van der Waals surface area (Å²) >= 11 is 5.97. The van der Waals surface area contributed by atoms with E-state index in [4.69, 9.17) is 27.3 Å². The topological polar surface area (TPSA) is 79.9 Å². The van der Waals surface area contributed by atoms with E-state index < -0.39 is 0 Å². The summed E-state index contributed by atoms with van der Waals surface area (Å²) in [5, 5.41) is 14.9. The second kappa shape index (κ2) is 6.07. The van der Waals surface area contributed by atoms with E-state index in [9.17, 15) is 0 Å². The van der Waals surface area contributed by atoms with Gasteiger partial charge in [0, 0.05) is 19.0 Å². The monoisotopic (exact) mass is 243 g/mol. The van der Waals surface area contributed by atoms with Gasteiger partial charge in [-0.05, 0) is 12.1 Å². The molecule has 0 aliphatic heterocycles. The van der Waals surface area contributed by atoms with Crippen molar-refractivity contribution in [3.63, 3.8) is 0 Å². The van der Waals surface area contributed by atoms with Gasteiger partial charge in [-0.2, -0.15) is 0 Å². The fourth-order valence-electron chi connectivity index (χ4n) is 1.14. The Morgan fingerprint density at radius 1 is 1.62 bits per heavy atom. The van der Waals surface area contributed by atoms with Gasteiger partial charge in [-0.25, -0.2) is 0 Å². The number of nitrogens with two attached hydrogens (primary N) is 1. The fourth-order valence-corrected chi connectivity index (χ4v) is 1.33. The molecule has 0 aliphatic carbocycles. The van der Waals surface area contributed by atoms with E-state index in [1.807, 2.05) is 0 Å². The Labute approximate surface area is 98.8 Å². The smallest absolute Gasteiger partial charge is 0.140 e. The highest BCUT2D eigenvalue weighted by molar-refractivity contribution is 6.33. The van der Waals surface area contributed by atoms with Crippen molar-refractivity contribution in [3.05, 3.63) is 23.2 Å². The number of halogens is 1. The van der Waals surface area contributed by atoms with Gasteiger partial charge in [0.05, 0.1) is 17.8 Å². The Hall–Kier alpha value is -1.62. The van der Waals surface area contributed by atoms with E-state index in [1.165, 1.54) is 0 Å². The van der Waals surface area contributed by atoms with Gasteiger partial charge < -0.3 is 21.0 Å². The molecule has 16 heavy (non-hydrogen) atoms. The molecule has 0 radical (unpaired) electrons. The molecule has 0 aliphatic rings. The van der Waals surface area contributed by atoms with E-state index in [-0.39, 0.29) is 5.84 Å². The molecule has 0 spiro atoms. The molecule has 0 atom stereocenters. The van der Waals surface area contributed by atoms with Gasteiger partial charge in [0.2, 0.25) is 0 Å². The number of methoxy groups -OCH3 is 1. The highest BCUT2D eigenvalue weighted by Gasteiger charge is 2.02. The minimum atomic E-state index is 0.173. The highest BCUT2D eigenvalue weighted by atomic mass is 35.5. The number of oxime groups is 1. The number of hydrogen-bond acceptors (Lipinski definition) is 4. The molecule has 0 aromatic heterocycles. The van der Waals surface area contributed by atoms with Crippen molar-refractivity contribution in [2.45, 2.75) is 6.42 Å². The molecular formula is C10H14ClN3O2. The van der Waals surface area contributed by atoms with Crippen molar-refractivity contribution >= 4 is 23.1 Å². The van der Waals surface area contributed by atoms with Gasteiger partial charge in [-0.1, -0.05) is 16.8 Å². The first-order valence-electron chi connectivity index (χ1n) is 4.71. The van der Waals surface area contributed by atoms with Crippen LogP contribution in [-0.4, -0.2) is 24.7 Å². The number of nitrogens with zero attached hydrogens (tertiary/aromatic N) is 1. The van der Waals surface area contributed by atoms with Crippen LogP contribution in [0.25, 0.3) is 0 Å². The van der Waals surface area contributed by atoms with Crippen LogP contribution in [0.15, 0.2) is 23.4 Å². The summed E-state index contributed by atoms with van der Waals surface area (Å²) in [4.78, 5) is 0. The predicted octanol–water partition coefficient (Wildman–Crippen LogP) is 1.90. The maximum Gasteiger partial charge on any atom is 0.140 e. The lowest BCUT2D eigenvalue weighted by Gasteiger charge is -2.09. The Balaban J connectivity index is 2.59. The summed E-state index contributed by atoms with van der Waals surface area (Å²) < 4.78 is 5.07. The summed E-state index contributed by atoms with van der Waals surface area (Å²) in [6.07, 6.45) is 0.435. The predicted molar refractivity (Wildman–Crippen MR) is 64.5 cm³/mol. The quantitative estimate of drug-likeness (QED) is 0.319. The Morgan fingerprint density at radius 2 is 2.38 bits per heavy atom. The van der Waals surface area contributed by atoms with Crippen LogP contribution >= 0.6 is 11.6 Å². The Bertz CT molecular complexity index is 382. The molecule has 1 aromatic carbocycles. The van der Waals surface area contributed by atoms with Crippen LogP contribution in [0.2, 0.25) is 5.02 Å². The third kappa shape index (κ3) is 3.51. The largest absolute Gasteiger partial charge is 0.497 e. The zero-order valence-electron chi connectivity index (χ0n) is 8.90. The van der Waals surface area contributed by atoms with Crippen molar-refractivity contribution in [2.24, 2.45) is 10.9 Å². The Morgan fingerprint density at radius 3 is 3.00 bits per heavy atom. The van der Waals surface area contributed by atoms with E-state index >= 15 is 0 Å². The summed E-state index contributed by atoms with van der Waals surface area (Å²) in [6, 6.07) is 5.30. The fraction of sp³-hybridized carbons (Fsp3) is 0.300. The summed E-state index contributed by atoms with van der Waals surface area (Å²) in [6.45, 7) is 0.531. The first kappa shape index (κ1) is 12.4. The second-order valence-electron chi connectivity index (χ2n) is 3.11. The SMILES string of the molecule is COc1ccc(Cl)c(NCCC(N)=NO)c1. The number of nitrogens with one attached hydrogen (secondary N) is 1. The average Bonchev–Trinajstić information content (AvgIpc) is 2.31. The molecule has 5 nitrogen and oxygen atoms in total. The van der Waals surface area contributed by atoms with Crippen LogP contribution < -0.4 is 15.8 Å². The van der Waals surface area contributed by atoms with Crippen LogP contribution in [0.1, 0.15) is 6.42 Å². The molecule has 1 rings (SSSR count). The average molecular weight is 244 g/mol. The zero-order valence-corrected chi connectivity index (χ0v) is 9.66. The van der Waals surface area contributed by atoms with Crippen LogP contribution in [0, 0.1) is 0 Å². The molecular weight excluding hydrogens is 230 g/mol. The maximum absolute atomic E-state index is 8.36. The summed E-state index contributed by atoms with van der Waals surface area (Å²) in [5.74, 6) is 0.891. The van der Waals surface area contributed by atoms with Crippen molar-refractivity contribution < 1.29 is 9.94 Å². The minimum Gasteiger partial charge on any atom is -0.497 e. The van der Waals surface area contributed by atoms with Crippen LogP contribution in [0.5, 0.6) is 5.75 Å². The number of amidine groups is 1. The van der Waals surface area contributed by atoms with Crippen molar-refractivity contribution in [2.75, 3.05) is 19.0 Å². The normalized spacial score (nSPS) is 11.2. The molecule has 0 bridgehead atoms. The summed E-state index contributed by atoms with van der Waals surface area (Å²) in [5.41, 5.74) is 6.09. The van der Waals surface area contributed by atoms with Crippen molar-refractivity contribution in [1.29, 1.82) is 0 Å². The number of ether oxygens (including phenoxy) is 1. The summed E-state index contributed by atoms with van der Waals surface area (Å²) in [7, 11) is 1.59. The van der Waals surface area contributed by atoms with E-state index in [0.717, 1.165) is 11.4 Å².